The van der Waals surface area contributed by atoms with Crippen LogP contribution in [0.4, 0.5) is 0 Å². The first-order valence-corrected chi connectivity index (χ1v) is 7.63. The van der Waals surface area contributed by atoms with Gasteiger partial charge in [0.25, 0.3) is 0 Å². The lowest BCUT2D eigenvalue weighted by Gasteiger charge is -2.55. The zero-order chi connectivity index (χ0) is 16.2. The number of alkyl halides is 2. The highest BCUT2D eigenvalue weighted by atomic mass is 35.5. The molecule has 0 N–H and O–H groups in total. The van der Waals surface area contributed by atoms with E-state index in [0.717, 1.165) is 0 Å². The molecular formula is C12H4Cl4O6. The molecule has 0 radical (unpaired) electrons. The van der Waals surface area contributed by atoms with E-state index in [-0.39, 0.29) is 10.1 Å². The van der Waals surface area contributed by atoms with Crippen molar-refractivity contribution in [2.24, 2.45) is 23.7 Å². The maximum Gasteiger partial charge on any atom is 0.319 e. The minimum Gasteiger partial charge on any atom is -0.393 e. The van der Waals surface area contributed by atoms with Crippen LogP contribution in [0.15, 0.2) is 10.1 Å². The van der Waals surface area contributed by atoms with Crippen molar-refractivity contribution in [3.63, 3.8) is 0 Å². The number of carbonyl (C=O) groups excluding carboxylic acids is 4. The highest BCUT2D eigenvalue weighted by molar-refractivity contribution is 6.52. The normalized spacial score (nSPS) is 49.3. The van der Waals surface area contributed by atoms with Crippen LogP contribution >= 0.6 is 46.4 Å². The van der Waals surface area contributed by atoms with E-state index in [2.05, 4.69) is 9.47 Å². The van der Waals surface area contributed by atoms with Gasteiger partial charge >= 0.3 is 23.9 Å². The van der Waals surface area contributed by atoms with Crippen molar-refractivity contribution < 1.29 is 28.7 Å². The molecule has 5 rings (SSSR count). The van der Waals surface area contributed by atoms with Crippen molar-refractivity contribution in [3.8, 4) is 0 Å². The average molecular weight is 386 g/mol. The Bertz CT molecular complexity index is 627. The first-order valence-electron chi connectivity index (χ1n) is 6.11. The molecule has 22 heavy (non-hydrogen) atoms. The number of rotatable bonds is 0. The summed E-state index contributed by atoms with van der Waals surface area (Å²) in [6.45, 7) is 0. The van der Waals surface area contributed by atoms with Crippen molar-refractivity contribution in [1.29, 1.82) is 0 Å². The molecule has 0 spiro atoms. The Hall–Kier alpha value is -0.820. The van der Waals surface area contributed by atoms with Crippen molar-refractivity contribution in [3.05, 3.63) is 10.1 Å². The minimum atomic E-state index is -1.89. The van der Waals surface area contributed by atoms with E-state index < -0.39 is 57.3 Å². The van der Waals surface area contributed by atoms with E-state index in [9.17, 15) is 19.2 Å². The summed E-state index contributed by atoms with van der Waals surface area (Å²) in [5, 5.41) is -0.488. The van der Waals surface area contributed by atoms with Crippen LogP contribution in [0.3, 0.4) is 0 Å². The molecule has 0 amide bonds. The van der Waals surface area contributed by atoms with Crippen LogP contribution < -0.4 is 0 Å². The van der Waals surface area contributed by atoms with Crippen LogP contribution in [0.25, 0.3) is 0 Å². The predicted molar refractivity (Wildman–Crippen MR) is 72.1 cm³/mol. The van der Waals surface area contributed by atoms with Gasteiger partial charge in [0, 0.05) is 0 Å². The van der Waals surface area contributed by atoms with Gasteiger partial charge in [-0.25, -0.2) is 0 Å². The van der Waals surface area contributed by atoms with Gasteiger partial charge in [0.1, 0.15) is 9.75 Å². The number of allylic oxidation sites excluding steroid dienone is 2. The predicted octanol–water partition coefficient (Wildman–Crippen LogP) is 1.29. The van der Waals surface area contributed by atoms with Crippen LogP contribution in [0, 0.1) is 23.7 Å². The van der Waals surface area contributed by atoms with Crippen LogP contribution in [-0.2, 0) is 28.7 Å². The Balaban J connectivity index is 2.10. The molecule has 3 aliphatic carbocycles. The lowest BCUT2D eigenvalue weighted by atomic mass is 9.53. The van der Waals surface area contributed by atoms with Gasteiger partial charge in [-0.2, -0.15) is 0 Å². The van der Waals surface area contributed by atoms with Crippen LogP contribution in [-0.4, -0.2) is 33.6 Å². The molecule has 0 aromatic carbocycles. The third-order valence-corrected chi connectivity index (χ3v) is 7.37. The van der Waals surface area contributed by atoms with E-state index in [0.29, 0.717) is 0 Å². The van der Waals surface area contributed by atoms with Gasteiger partial charge in [-0.1, -0.05) is 23.2 Å². The summed E-state index contributed by atoms with van der Waals surface area (Å²) in [7, 11) is 0. The third-order valence-electron chi connectivity index (χ3n) is 4.76. The number of cyclic esters (lactones) is 4. The second kappa shape index (κ2) is 3.98. The van der Waals surface area contributed by atoms with E-state index in [1.165, 1.54) is 0 Å². The molecule has 5 aliphatic rings. The first-order chi connectivity index (χ1) is 10.2. The highest BCUT2D eigenvalue weighted by Gasteiger charge is 2.82. The van der Waals surface area contributed by atoms with Gasteiger partial charge in [-0.3, -0.25) is 19.2 Å². The zero-order valence-corrected chi connectivity index (χ0v) is 13.3. The maximum atomic E-state index is 12.0. The Morgan fingerprint density at radius 1 is 0.636 bits per heavy atom. The lowest BCUT2D eigenvalue weighted by Crippen LogP contribution is -2.68. The van der Waals surface area contributed by atoms with Gasteiger partial charge in [0.05, 0.1) is 33.7 Å². The number of carbonyl (C=O) groups is 4. The Labute approximate surface area is 142 Å². The van der Waals surface area contributed by atoms with Gasteiger partial charge in [0.2, 0.25) is 0 Å². The molecule has 6 nitrogen and oxygen atoms in total. The van der Waals surface area contributed by atoms with E-state index in [1.54, 1.807) is 0 Å². The second-order valence-corrected chi connectivity index (χ2v) is 7.56. The van der Waals surface area contributed by atoms with Gasteiger partial charge in [-0.05, 0) is 0 Å². The fourth-order valence-corrected chi connectivity index (χ4v) is 5.85. The van der Waals surface area contributed by atoms with Crippen LogP contribution in [0.2, 0.25) is 0 Å². The molecule has 0 aromatic rings. The molecule has 2 saturated heterocycles. The van der Waals surface area contributed by atoms with Crippen LogP contribution in [0.5, 0.6) is 0 Å². The average Bonchev–Trinajstić information content (AvgIpc) is 2.91. The largest absolute Gasteiger partial charge is 0.393 e. The molecule has 1 saturated carbocycles. The molecule has 2 unspecified atom stereocenters. The molecule has 10 heteroatoms. The summed E-state index contributed by atoms with van der Waals surface area (Å²) in [6, 6.07) is 0. The van der Waals surface area contributed by atoms with Crippen molar-refractivity contribution in [1.82, 2.24) is 0 Å². The summed E-state index contributed by atoms with van der Waals surface area (Å²) in [4.78, 5) is 44.4. The van der Waals surface area contributed by atoms with Crippen molar-refractivity contribution in [2.75, 3.05) is 0 Å². The fourth-order valence-electron chi connectivity index (χ4n) is 3.92. The van der Waals surface area contributed by atoms with Crippen molar-refractivity contribution in [2.45, 2.75) is 9.75 Å². The standard InChI is InChI=1S/C12H4Cl4O6/c13-5-6(14)12(16)2-1(7(17)21-8(2)18)11(5,15)3-4(12)10(20)22-9(3)19/h1-4H/t1-,2-,3+,4+,11?,12?. The van der Waals surface area contributed by atoms with Gasteiger partial charge < -0.3 is 9.47 Å². The highest BCUT2D eigenvalue weighted by Crippen LogP contribution is 2.71. The number of hydrogen-bond donors (Lipinski definition) is 0. The zero-order valence-electron chi connectivity index (χ0n) is 10.3. The van der Waals surface area contributed by atoms with E-state index >= 15 is 0 Å². The topological polar surface area (TPSA) is 86.7 Å². The smallest absolute Gasteiger partial charge is 0.319 e. The first kappa shape index (κ1) is 14.8. The Kier molecular flexibility index (Phi) is 2.67. The molecule has 2 bridgehead atoms. The fraction of sp³-hybridized carbons (Fsp3) is 0.500. The third kappa shape index (κ3) is 1.25. The molecular weight excluding hydrogens is 382 g/mol. The molecule has 3 fully saturated rings. The number of hydrogen-bond acceptors (Lipinski definition) is 6. The molecule has 6 atom stereocenters. The monoisotopic (exact) mass is 384 g/mol. The number of ether oxygens (including phenoxy) is 2. The summed E-state index contributed by atoms with van der Waals surface area (Å²) in [5.41, 5.74) is 0. The van der Waals surface area contributed by atoms with Gasteiger partial charge in [-0.15, -0.1) is 23.2 Å². The summed E-state index contributed by atoms with van der Waals surface area (Å²) in [5.74, 6) is -9.07. The SMILES string of the molecule is O=C1OC(=O)[C@@H]2[C@@H]1C1(Cl)C(Cl)=C(Cl)C2(Cl)[C@H]2C(=O)OC(=O)[C@@H]21. The summed E-state index contributed by atoms with van der Waals surface area (Å²) >= 11 is 25.3. The quantitative estimate of drug-likeness (QED) is 0.354. The number of esters is 4. The van der Waals surface area contributed by atoms with Crippen molar-refractivity contribution >= 4 is 70.3 Å². The lowest BCUT2D eigenvalue weighted by molar-refractivity contribution is -0.154. The molecule has 116 valence electrons. The number of halogens is 4. The molecule has 0 aromatic heterocycles. The molecule has 2 aliphatic heterocycles. The van der Waals surface area contributed by atoms with Crippen LogP contribution in [0.1, 0.15) is 0 Å². The van der Waals surface area contributed by atoms with Gasteiger partial charge in [0.15, 0.2) is 0 Å². The summed E-state index contributed by atoms with van der Waals surface area (Å²) in [6.07, 6.45) is 0. The Morgan fingerprint density at radius 3 is 1.09 bits per heavy atom. The summed E-state index contributed by atoms with van der Waals surface area (Å²) < 4.78 is 9.20. The molecule has 2 heterocycles. The van der Waals surface area contributed by atoms with E-state index in [4.69, 9.17) is 46.4 Å². The minimum absolute atomic E-state index is 0.244. The van der Waals surface area contributed by atoms with E-state index in [1.807, 2.05) is 0 Å². The maximum absolute atomic E-state index is 12.0. The second-order valence-electron chi connectivity index (χ2n) is 5.56. The Morgan fingerprint density at radius 2 is 0.864 bits per heavy atom.